The van der Waals surface area contributed by atoms with Crippen LogP contribution in [0.4, 0.5) is 0 Å². The van der Waals surface area contributed by atoms with Crippen LogP contribution in [0.25, 0.3) is 11.3 Å². The maximum Gasteiger partial charge on any atom is 0.254 e. The lowest BCUT2D eigenvalue weighted by Crippen LogP contribution is -2.28. The zero-order chi connectivity index (χ0) is 22.0. The maximum atomic E-state index is 12.8. The molecule has 2 aromatic carbocycles. The molecule has 158 valence electrons. The molecule has 6 nitrogen and oxygen atoms in total. The second-order valence-electron chi connectivity index (χ2n) is 7.50. The average Bonchev–Trinajstić information content (AvgIpc) is 3.36. The predicted octanol–water partition coefficient (Wildman–Crippen LogP) is 4.52. The van der Waals surface area contributed by atoms with E-state index in [9.17, 15) is 14.4 Å². The molecule has 0 atom stereocenters. The molecule has 0 spiro atoms. The largest absolute Gasteiger partial charge is 0.459 e. The van der Waals surface area contributed by atoms with Gasteiger partial charge >= 0.3 is 0 Å². The van der Waals surface area contributed by atoms with E-state index < -0.39 is 0 Å². The first kappa shape index (κ1) is 20.9. The fourth-order valence-electron chi connectivity index (χ4n) is 3.49. The number of nitrogens with zero attached hydrogens (tertiary/aromatic N) is 2. The van der Waals surface area contributed by atoms with Crippen molar-refractivity contribution in [1.82, 2.24) is 9.80 Å². The first-order valence-electron chi connectivity index (χ1n) is 9.93. The van der Waals surface area contributed by atoms with Crippen LogP contribution in [-0.4, -0.2) is 34.6 Å². The summed E-state index contributed by atoms with van der Waals surface area (Å²) < 4.78 is 5.87. The standard InChI is InChI=1S/C24H21ClN2O4/c1-26(15-20-10-11-21(31-20)17-6-8-19(25)9-7-17)24(30)18-4-2-16(3-5-18)14-27-22(28)12-13-23(27)29/h2-11H,12-15H2,1H3. The minimum absolute atomic E-state index is 0.149. The van der Waals surface area contributed by atoms with Crippen molar-refractivity contribution in [1.29, 1.82) is 0 Å². The van der Waals surface area contributed by atoms with Crippen LogP contribution in [-0.2, 0) is 22.7 Å². The van der Waals surface area contributed by atoms with Gasteiger partial charge in [-0.2, -0.15) is 0 Å². The minimum atomic E-state index is -0.152. The quantitative estimate of drug-likeness (QED) is 0.532. The lowest BCUT2D eigenvalue weighted by atomic mass is 10.1. The molecule has 1 fully saturated rings. The van der Waals surface area contributed by atoms with Crippen molar-refractivity contribution in [3.63, 3.8) is 0 Å². The maximum absolute atomic E-state index is 12.8. The van der Waals surface area contributed by atoms with Gasteiger partial charge in [0.1, 0.15) is 11.5 Å². The molecule has 31 heavy (non-hydrogen) atoms. The highest BCUT2D eigenvalue weighted by Gasteiger charge is 2.28. The number of halogens is 1. The van der Waals surface area contributed by atoms with E-state index in [-0.39, 0.29) is 37.1 Å². The van der Waals surface area contributed by atoms with Gasteiger partial charge in [0.2, 0.25) is 11.8 Å². The van der Waals surface area contributed by atoms with Crippen molar-refractivity contribution < 1.29 is 18.8 Å². The second-order valence-corrected chi connectivity index (χ2v) is 7.94. The molecule has 1 aliphatic rings. The Labute approximate surface area is 185 Å². The Bertz CT molecular complexity index is 1100. The molecule has 1 saturated heterocycles. The van der Waals surface area contributed by atoms with Crippen molar-refractivity contribution in [2.45, 2.75) is 25.9 Å². The minimum Gasteiger partial charge on any atom is -0.459 e. The molecule has 0 saturated carbocycles. The fraction of sp³-hybridized carbons (Fsp3) is 0.208. The SMILES string of the molecule is CN(Cc1ccc(-c2ccc(Cl)cc2)o1)C(=O)c1ccc(CN2C(=O)CCC2=O)cc1. The van der Waals surface area contributed by atoms with Gasteiger partial charge in [0.25, 0.3) is 5.91 Å². The number of carbonyl (C=O) groups is 3. The van der Waals surface area contributed by atoms with Crippen molar-refractivity contribution >= 4 is 29.3 Å². The normalized spacial score (nSPS) is 13.7. The third-order valence-corrected chi connectivity index (χ3v) is 5.48. The molecule has 1 aliphatic heterocycles. The van der Waals surface area contributed by atoms with Crippen LogP contribution in [0.15, 0.2) is 65.1 Å². The molecule has 3 aromatic rings. The predicted molar refractivity (Wildman–Crippen MR) is 116 cm³/mol. The Morgan fingerprint density at radius 1 is 0.968 bits per heavy atom. The van der Waals surface area contributed by atoms with Gasteiger partial charge in [-0.1, -0.05) is 23.7 Å². The molecule has 1 aromatic heterocycles. The number of hydrogen-bond acceptors (Lipinski definition) is 4. The number of likely N-dealkylation sites (tertiary alicyclic amines) is 1. The first-order valence-corrected chi connectivity index (χ1v) is 10.3. The van der Waals surface area contributed by atoms with Gasteiger partial charge in [-0.25, -0.2) is 0 Å². The lowest BCUT2D eigenvalue weighted by Gasteiger charge is -2.17. The summed E-state index contributed by atoms with van der Waals surface area (Å²) in [6, 6.07) is 18.0. The molecule has 0 aliphatic carbocycles. The van der Waals surface area contributed by atoms with Crippen molar-refractivity contribution in [2.75, 3.05) is 7.05 Å². The Balaban J connectivity index is 1.38. The summed E-state index contributed by atoms with van der Waals surface area (Å²) in [6.45, 7) is 0.562. The van der Waals surface area contributed by atoms with Crippen molar-refractivity contribution in [2.24, 2.45) is 0 Å². The molecular formula is C24H21ClN2O4. The van der Waals surface area contributed by atoms with Gasteiger partial charge in [0, 0.05) is 36.0 Å². The summed E-state index contributed by atoms with van der Waals surface area (Å²) in [5, 5.41) is 0.658. The number of carbonyl (C=O) groups excluding carboxylic acids is 3. The topological polar surface area (TPSA) is 70.8 Å². The van der Waals surface area contributed by atoms with Gasteiger partial charge in [0.15, 0.2) is 0 Å². The molecule has 3 amide bonds. The van der Waals surface area contributed by atoms with Crippen molar-refractivity contribution in [3.05, 3.63) is 82.6 Å². The number of hydrogen-bond donors (Lipinski definition) is 0. The summed E-state index contributed by atoms with van der Waals surface area (Å²) in [6.07, 6.45) is 0.541. The van der Waals surface area contributed by atoms with Crippen LogP contribution in [0.3, 0.4) is 0 Å². The highest BCUT2D eigenvalue weighted by Crippen LogP contribution is 2.24. The molecule has 7 heteroatoms. The highest BCUT2D eigenvalue weighted by atomic mass is 35.5. The van der Waals surface area contributed by atoms with Crippen LogP contribution in [0, 0.1) is 0 Å². The van der Waals surface area contributed by atoms with Crippen LogP contribution < -0.4 is 0 Å². The summed E-state index contributed by atoms with van der Waals surface area (Å²) >= 11 is 5.92. The third kappa shape index (κ3) is 4.70. The van der Waals surface area contributed by atoms with E-state index in [0.29, 0.717) is 28.7 Å². The average molecular weight is 437 g/mol. The Morgan fingerprint density at radius 3 is 2.26 bits per heavy atom. The van der Waals surface area contributed by atoms with E-state index in [1.54, 1.807) is 48.3 Å². The summed E-state index contributed by atoms with van der Waals surface area (Å²) in [5.74, 6) is 0.929. The Kier molecular flexibility index (Phi) is 5.91. The molecule has 0 unspecified atom stereocenters. The molecule has 0 N–H and O–H groups in total. The van der Waals surface area contributed by atoms with E-state index in [1.807, 2.05) is 24.3 Å². The zero-order valence-corrected chi connectivity index (χ0v) is 17.8. The number of benzene rings is 2. The van der Waals surface area contributed by atoms with Gasteiger partial charge in [-0.05, 0) is 54.1 Å². The highest BCUT2D eigenvalue weighted by molar-refractivity contribution is 6.30. The van der Waals surface area contributed by atoms with E-state index in [4.69, 9.17) is 16.0 Å². The zero-order valence-electron chi connectivity index (χ0n) is 17.0. The lowest BCUT2D eigenvalue weighted by molar-refractivity contribution is -0.139. The van der Waals surface area contributed by atoms with Crippen LogP contribution in [0.5, 0.6) is 0 Å². The van der Waals surface area contributed by atoms with Gasteiger partial charge in [-0.3, -0.25) is 19.3 Å². The number of rotatable bonds is 6. The van der Waals surface area contributed by atoms with Crippen LogP contribution in [0.1, 0.15) is 34.5 Å². The smallest absolute Gasteiger partial charge is 0.254 e. The van der Waals surface area contributed by atoms with Gasteiger partial charge in [-0.15, -0.1) is 0 Å². The molecular weight excluding hydrogens is 416 g/mol. The molecule has 4 rings (SSSR count). The molecule has 0 bridgehead atoms. The van der Waals surface area contributed by atoms with E-state index in [2.05, 4.69) is 0 Å². The monoisotopic (exact) mass is 436 g/mol. The van der Waals surface area contributed by atoms with Crippen LogP contribution in [0.2, 0.25) is 5.02 Å². The van der Waals surface area contributed by atoms with Crippen LogP contribution >= 0.6 is 11.6 Å². The summed E-state index contributed by atoms with van der Waals surface area (Å²) in [4.78, 5) is 39.1. The Morgan fingerprint density at radius 2 is 1.61 bits per heavy atom. The number of furan rings is 1. The number of imide groups is 1. The first-order chi connectivity index (χ1) is 14.9. The molecule has 0 radical (unpaired) electrons. The summed E-state index contributed by atoms with van der Waals surface area (Å²) in [7, 11) is 1.71. The van der Waals surface area contributed by atoms with Gasteiger partial charge < -0.3 is 9.32 Å². The molecule has 2 heterocycles. The van der Waals surface area contributed by atoms with E-state index in [0.717, 1.165) is 11.1 Å². The summed E-state index contributed by atoms with van der Waals surface area (Å²) in [5.41, 5.74) is 2.24. The van der Waals surface area contributed by atoms with E-state index >= 15 is 0 Å². The number of amides is 3. The van der Waals surface area contributed by atoms with Gasteiger partial charge in [0.05, 0.1) is 13.1 Å². The second kappa shape index (κ2) is 8.78. The third-order valence-electron chi connectivity index (χ3n) is 5.23. The van der Waals surface area contributed by atoms with E-state index in [1.165, 1.54) is 4.90 Å². The van der Waals surface area contributed by atoms with Crippen molar-refractivity contribution in [3.8, 4) is 11.3 Å². The fourth-order valence-corrected chi connectivity index (χ4v) is 3.62. The Hall–Kier alpha value is -3.38.